The molecular formula is C21H17FO3. The number of halogens is 1. The smallest absolute Gasteiger partial charge is 0.337 e. The lowest BCUT2D eigenvalue weighted by atomic mass is 10.0. The van der Waals surface area contributed by atoms with Gasteiger partial charge in [0, 0.05) is 5.56 Å². The number of hydrogen-bond acceptors (Lipinski definition) is 3. The highest BCUT2D eigenvalue weighted by Gasteiger charge is 2.13. The van der Waals surface area contributed by atoms with Gasteiger partial charge in [-0.25, -0.2) is 9.18 Å². The molecule has 3 aromatic rings. The lowest BCUT2D eigenvalue weighted by Gasteiger charge is -2.13. The average molecular weight is 336 g/mol. The number of rotatable bonds is 5. The van der Waals surface area contributed by atoms with E-state index in [0.717, 1.165) is 16.7 Å². The Bertz CT molecular complexity index is 858. The van der Waals surface area contributed by atoms with Crippen LogP contribution >= 0.6 is 0 Å². The van der Waals surface area contributed by atoms with E-state index in [9.17, 15) is 9.18 Å². The van der Waals surface area contributed by atoms with Crippen LogP contribution in [0.4, 0.5) is 4.39 Å². The number of hydrogen-bond donors (Lipinski definition) is 0. The Kier molecular flexibility index (Phi) is 5.09. The van der Waals surface area contributed by atoms with Gasteiger partial charge < -0.3 is 9.47 Å². The molecule has 0 heterocycles. The molecule has 0 N–H and O–H groups in total. The van der Waals surface area contributed by atoms with Crippen LogP contribution in [0.3, 0.4) is 0 Å². The van der Waals surface area contributed by atoms with E-state index in [1.54, 1.807) is 30.3 Å². The zero-order valence-corrected chi connectivity index (χ0v) is 13.7. The van der Waals surface area contributed by atoms with Crippen LogP contribution < -0.4 is 4.74 Å². The monoisotopic (exact) mass is 336 g/mol. The zero-order valence-electron chi connectivity index (χ0n) is 13.7. The van der Waals surface area contributed by atoms with Gasteiger partial charge in [-0.15, -0.1) is 0 Å². The Labute approximate surface area is 145 Å². The first-order valence-electron chi connectivity index (χ1n) is 7.82. The molecule has 0 saturated carbocycles. The van der Waals surface area contributed by atoms with Crippen LogP contribution in [0.1, 0.15) is 15.9 Å². The Morgan fingerprint density at radius 2 is 1.68 bits per heavy atom. The minimum atomic E-state index is -0.435. The highest BCUT2D eigenvalue weighted by atomic mass is 19.1. The fourth-order valence-corrected chi connectivity index (χ4v) is 2.49. The van der Waals surface area contributed by atoms with E-state index in [0.29, 0.717) is 17.9 Å². The molecule has 4 heteroatoms. The molecule has 0 spiro atoms. The second-order valence-corrected chi connectivity index (χ2v) is 5.48. The van der Waals surface area contributed by atoms with Gasteiger partial charge in [-0.2, -0.15) is 0 Å². The summed E-state index contributed by atoms with van der Waals surface area (Å²) in [6.07, 6.45) is 0. The molecule has 0 aliphatic rings. The maximum atomic E-state index is 13.2. The Morgan fingerprint density at radius 3 is 2.36 bits per heavy atom. The summed E-state index contributed by atoms with van der Waals surface area (Å²) in [6.45, 7) is 0.361. The maximum absolute atomic E-state index is 13.2. The van der Waals surface area contributed by atoms with Crippen molar-refractivity contribution >= 4 is 5.97 Å². The Hall–Kier alpha value is -3.14. The van der Waals surface area contributed by atoms with Gasteiger partial charge in [0.05, 0.1) is 12.7 Å². The second kappa shape index (κ2) is 7.62. The molecule has 25 heavy (non-hydrogen) atoms. The van der Waals surface area contributed by atoms with Gasteiger partial charge in [-0.3, -0.25) is 0 Å². The van der Waals surface area contributed by atoms with E-state index in [4.69, 9.17) is 9.47 Å². The van der Waals surface area contributed by atoms with Crippen LogP contribution in [0.2, 0.25) is 0 Å². The maximum Gasteiger partial charge on any atom is 0.337 e. The van der Waals surface area contributed by atoms with Gasteiger partial charge in [-0.05, 0) is 41.5 Å². The highest BCUT2D eigenvalue weighted by molar-refractivity contribution is 5.91. The van der Waals surface area contributed by atoms with E-state index in [1.807, 2.05) is 30.3 Å². The molecule has 0 bridgehead atoms. The van der Waals surface area contributed by atoms with Gasteiger partial charge in [0.25, 0.3) is 0 Å². The van der Waals surface area contributed by atoms with Crippen LogP contribution in [-0.2, 0) is 11.3 Å². The molecule has 0 saturated heterocycles. The Balaban J connectivity index is 1.95. The summed E-state index contributed by atoms with van der Waals surface area (Å²) in [5.41, 5.74) is 3.00. The summed E-state index contributed by atoms with van der Waals surface area (Å²) in [4.78, 5) is 11.8. The first kappa shape index (κ1) is 16.7. The third kappa shape index (κ3) is 4.04. The minimum absolute atomic E-state index is 0.304. The molecule has 0 aliphatic heterocycles. The van der Waals surface area contributed by atoms with Crippen LogP contribution in [0.15, 0.2) is 72.8 Å². The second-order valence-electron chi connectivity index (χ2n) is 5.48. The van der Waals surface area contributed by atoms with E-state index >= 15 is 0 Å². The molecule has 0 fully saturated rings. The molecule has 0 aromatic heterocycles. The van der Waals surface area contributed by atoms with Crippen molar-refractivity contribution in [1.29, 1.82) is 0 Å². The number of benzene rings is 3. The summed E-state index contributed by atoms with van der Waals surface area (Å²) < 4.78 is 23.9. The van der Waals surface area contributed by atoms with Crippen molar-refractivity contribution in [3.63, 3.8) is 0 Å². The predicted molar refractivity (Wildman–Crippen MR) is 93.9 cm³/mol. The van der Waals surface area contributed by atoms with Gasteiger partial charge in [0.15, 0.2) is 0 Å². The zero-order chi connectivity index (χ0) is 17.6. The summed E-state index contributed by atoms with van der Waals surface area (Å²) in [7, 11) is 1.33. The average Bonchev–Trinajstić information content (AvgIpc) is 2.67. The van der Waals surface area contributed by atoms with Crippen LogP contribution in [-0.4, -0.2) is 13.1 Å². The fraction of sp³-hybridized carbons (Fsp3) is 0.0952. The van der Waals surface area contributed by atoms with E-state index in [1.165, 1.54) is 19.2 Å². The number of carbonyl (C=O) groups excluding carboxylic acids is 1. The normalized spacial score (nSPS) is 10.3. The molecule has 3 nitrogen and oxygen atoms in total. The largest absolute Gasteiger partial charge is 0.488 e. The number of carbonyl (C=O) groups is 1. The molecular weight excluding hydrogens is 319 g/mol. The summed E-state index contributed by atoms with van der Waals surface area (Å²) >= 11 is 0. The van der Waals surface area contributed by atoms with Crippen LogP contribution in [0.5, 0.6) is 5.75 Å². The number of esters is 1. The SMILES string of the molecule is COC(=O)c1ccc(-c2ccc(F)cc2)c(OCc2ccccc2)c1. The highest BCUT2D eigenvalue weighted by Crippen LogP contribution is 2.32. The minimum Gasteiger partial charge on any atom is -0.488 e. The lowest BCUT2D eigenvalue weighted by molar-refractivity contribution is 0.0600. The predicted octanol–water partition coefficient (Wildman–Crippen LogP) is 4.86. The fourth-order valence-electron chi connectivity index (χ4n) is 2.49. The molecule has 3 aromatic carbocycles. The van der Waals surface area contributed by atoms with Crippen molar-refractivity contribution < 1.29 is 18.7 Å². The first-order chi connectivity index (χ1) is 12.2. The molecule has 0 unspecified atom stereocenters. The lowest BCUT2D eigenvalue weighted by Crippen LogP contribution is -2.03. The molecule has 0 amide bonds. The Morgan fingerprint density at radius 1 is 0.960 bits per heavy atom. The van der Waals surface area contributed by atoms with E-state index in [-0.39, 0.29) is 5.82 Å². The molecule has 0 aliphatic carbocycles. The van der Waals surface area contributed by atoms with Crippen molar-refractivity contribution in [2.75, 3.05) is 7.11 Å². The van der Waals surface area contributed by atoms with Gasteiger partial charge in [-0.1, -0.05) is 42.5 Å². The molecule has 126 valence electrons. The molecule has 3 rings (SSSR count). The van der Waals surface area contributed by atoms with E-state index in [2.05, 4.69) is 0 Å². The summed E-state index contributed by atoms with van der Waals surface area (Å²) in [5, 5.41) is 0. The topological polar surface area (TPSA) is 35.5 Å². The molecule has 0 radical (unpaired) electrons. The standard InChI is InChI=1S/C21H17FO3/c1-24-21(23)17-9-12-19(16-7-10-18(22)11-8-16)20(13-17)25-14-15-5-3-2-4-6-15/h2-13H,14H2,1H3. The third-order valence-corrected chi connectivity index (χ3v) is 3.80. The first-order valence-corrected chi connectivity index (χ1v) is 7.82. The quantitative estimate of drug-likeness (QED) is 0.624. The summed E-state index contributed by atoms with van der Waals surface area (Å²) in [6, 6.07) is 21.0. The molecule has 0 atom stereocenters. The van der Waals surface area contributed by atoms with Crippen molar-refractivity contribution in [3.8, 4) is 16.9 Å². The van der Waals surface area contributed by atoms with Crippen molar-refractivity contribution in [1.82, 2.24) is 0 Å². The summed E-state index contributed by atoms with van der Waals surface area (Å²) in [5.74, 6) is -0.199. The van der Waals surface area contributed by atoms with Gasteiger partial charge in [0.2, 0.25) is 0 Å². The van der Waals surface area contributed by atoms with Crippen molar-refractivity contribution in [2.24, 2.45) is 0 Å². The van der Waals surface area contributed by atoms with Crippen LogP contribution in [0.25, 0.3) is 11.1 Å². The van der Waals surface area contributed by atoms with Crippen molar-refractivity contribution in [2.45, 2.75) is 6.61 Å². The number of methoxy groups -OCH3 is 1. The number of ether oxygens (including phenoxy) is 2. The van der Waals surface area contributed by atoms with Crippen LogP contribution in [0, 0.1) is 5.82 Å². The third-order valence-electron chi connectivity index (χ3n) is 3.80. The van der Waals surface area contributed by atoms with Crippen molar-refractivity contribution in [3.05, 3.63) is 89.7 Å². The van der Waals surface area contributed by atoms with Gasteiger partial charge >= 0.3 is 5.97 Å². The van der Waals surface area contributed by atoms with Gasteiger partial charge in [0.1, 0.15) is 18.2 Å². The van der Waals surface area contributed by atoms with E-state index < -0.39 is 5.97 Å².